The molecule has 0 aliphatic rings. The number of ether oxygens (including phenoxy) is 1. The van der Waals surface area contributed by atoms with Crippen molar-refractivity contribution in [2.45, 2.75) is 32.6 Å². The number of halogens is 1. The Bertz CT molecular complexity index is 408. The van der Waals surface area contributed by atoms with E-state index >= 15 is 0 Å². The van der Waals surface area contributed by atoms with Crippen LogP contribution in [0.1, 0.15) is 32.6 Å². The lowest BCUT2D eigenvalue weighted by atomic mass is 10.0. The molecule has 0 aliphatic carbocycles. The Labute approximate surface area is 135 Å². The molecule has 0 aromatic heterocycles. The molecular formula is C16H24BrNO3. The highest BCUT2D eigenvalue weighted by Crippen LogP contribution is 2.16. The van der Waals surface area contributed by atoms with Crippen molar-refractivity contribution in [3.05, 3.63) is 28.7 Å². The summed E-state index contributed by atoms with van der Waals surface area (Å²) in [5.41, 5.74) is 0. The quantitative estimate of drug-likeness (QED) is 0.632. The van der Waals surface area contributed by atoms with Crippen LogP contribution in [-0.2, 0) is 4.79 Å². The Hall–Kier alpha value is -1.07. The second-order valence-electron chi connectivity index (χ2n) is 5.00. The van der Waals surface area contributed by atoms with Crippen molar-refractivity contribution in [3.8, 4) is 5.75 Å². The fraction of sp³-hybridized carbons (Fsp3) is 0.562. The summed E-state index contributed by atoms with van der Waals surface area (Å²) < 4.78 is 6.58. The van der Waals surface area contributed by atoms with Gasteiger partial charge in [0.05, 0.1) is 6.61 Å². The van der Waals surface area contributed by atoms with Gasteiger partial charge >= 0.3 is 0 Å². The molecule has 4 nitrogen and oxygen atoms in total. The molecule has 0 aliphatic heterocycles. The number of hydrogen-bond donors (Lipinski definition) is 2. The minimum Gasteiger partial charge on any atom is -0.494 e. The lowest BCUT2D eigenvalue weighted by Gasteiger charge is -2.14. The Morgan fingerprint density at radius 1 is 1.38 bits per heavy atom. The first kappa shape index (κ1) is 18.0. The zero-order valence-electron chi connectivity index (χ0n) is 12.5. The lowest BCUT2D eigenvalue weighted by molar-refractivity contribution is -0.121. The zero-order valence-corrected chi connectivity index (χ0v) is 14.1. The molecule has 1 aromatic rings. The van der Waals surface area contributed by atoms with E-state index in [1.807, 2.05) is 24.3 Å². The molecule has 1 aromatic carbocycles. The molecule has 0 bridgehead atoms. The molecule has 5 heteroatoms. The summed E-state index contributed by atoms with van der Waals surface area (Å²) in [6, 6.07) is 7.64. The topological polar surface area (TPSA) is 58.6 Å². The average molecular weight is 358 g/mol. The Morgan fingerprint density at radius 2 is 2.10 bits per heavy atom. The summed E-state index contributed by atoms with van der Waals surface area (Å²) in [5, 5.41) is 11.8. The van der Waals surface area contributed by atoms with Crippen molar-refractivity contribution in [2.75, 3.05) is 19.8 Å². The Kier molecular flexibility index (Phi) is 9.10. The number of aliphatic hydroxyl groups excluding tert-OH is 1. The molecule has 1 amide bonds. The summed E-state index contributed by atoms with van der Waals surface area (Å²) in [4.78, 5) is 11.7. The largest absolute Gasteiger partial charge is 0.494 e. The van der Waals surface area contributed by atoms with Crippen molar-refractivity contribution < 1.29 is 14.6 Å². The minimum atomic E-state index is 0.0470. The highest BCUT2D eigenvalue weighted by molar-refractivity contribution is 9.10. The van der Waals surface area contributed by atoms with E-state index in [-0.39, 0.29) is 12.5 Å². The van der Waals surface area contributed by atoms with Crippen molar-refractivity contribution in [3.63, 3.8) is 0 Å². The lowest BCUT2D eigenvalue weighted by Crippen LogP contribution is -2.29. The van der Waals surface area contributed by atoms with Crippen LogP contribution in [0.5, 0.6) is 5.75 Å². The first-order valence-corrected chi connectivity index (χ1v) is 8.21. The molecule has 0 heterocycles. The normalized spacial score (nSPS) is 12.0. The number of rotatable bonds is 10. The predicted octanol–water partition coefficient (Wildman–Crippen LogP) is 3.13. The van der Waals surface area contributed by atoms with Crippen molar-refractivity contribution in [1.29, 1.82) is 0 Å². The summed E-state index contributed by atoms with van der Waals surface area (Å²) in [6.45, 7) is 3.42. The maximum atomic E-state index is 11.7. The molecule has 1 rings (SSSR count). The number of hydrogen-bond acceptors (Lipinski definition) is 3. The molecule has 0 fully saturated rings. The first-order chi connectivity index (χ1) is 10.2. The van der Waals surface area contributed by atoms with E-state index in [2.05, 4.69) is 28.2 Å². The summed E-state index contributed by atoms with van der Waals surface area (Å²) in [6.07, 6.45) is 2.86. The Balaban J connectivity index is 2.11. The zero-order chi connectivity index (χ0) is 15.5. The van der Waals surface area contributed by atoms with E-state index in [1.54, 1.807) is 0 Å². The number of carbonyl (C=O) groups excluding carboxylic acids is 1. The van der Waals surface area contributed by atoms with Gasteiger partial charge in [-0.15, -0.1) is 0 Å². The van der Waals surface area contributed by atoms with Crippen LogP contribution in [-0.4, -0.2) is 30.8 Å². The van der Waals surface area contributed by atoms with Gasteiger partial charge in [0.25, 0.3) is 0 Å². The van der Waals surface area contributed by atoms with Crippen molar-refractivity contribution in [1.82, 2.24) is 5.32 Å². The van der Waals surface area contributed by atoms with Gasteiger partial charge in [-0.3, -0.25) is 4.79 Å². The highest BCUT2D eigenvalue weighted by Gasteiger charge is 2.08. The molecule has 2 N–H and O–H groups in total. The van der Waals surface area contributed by atoms with E-state index in [4.69, 9.17) is 9.84 Å². The van der Waals surface area contributed by atoms with Crippen LogP contribution < -0.4 is 10.1 Å². The number of amides is 1. The maximum Gasteiger partial charge on any atom is 0.220 e. The summed E-state index contributed by atoms with van der Waals surface area (Å²) in [7, 11) is 0. The monoisotopic (exact) mass is 357 g/mol. The molecule has 1 unspecified atom stereocenters. The predicted molar refractivity (Wildman–Crippen MR) is 87.4 cm³/mol. The number of nitrogens with one attached hydrogen (secondary N) is 1. The standard InChI is InChI=1S/C16H24BrNO3/c1-2-13(9-10-19)12-18-16(20)4-3-11-21-15-7-5-14(17)6-8-15/h5-8,13,19H,2-4,9-12H2,1H3,(H,18,20). The van der Waals surface area contributed by atoms with Gasteiger partial charge in [0.15, 0.2) is 0 Å². The van der Waals surface area contributed by atoms with Crippen LogP contribution in [0.2, 0.25) is 0 Å². The third-order valence-corrected chi connectivity index (χ3v) is 3.86. The van der Waals surface area contributed by atoms with Gasteiger partial charge in [0.2, 0.25) is 5.91 Å². The maximum absolute atomic E-state index is 11.7. The second-order valence-corrected chi connectivity index (χ2v) is 5.91. The molecule has 1 atom stereocenters. The van der Waals surface area contributed by atoms with Crippen LogP contribution in [0.4, 0.5) is 0 Å². The van der Waals surface area contributed by atoms with Gasteiger partial charge in [0, 0.05) is 24.0 Å². The third-order valence-electron chi connectivity index (χ3n) is 3.33. The van der Waals surface area contributed by atoms with Gasteiger partial charge in [-0.25, -0.2) is 0 Å². The van der Waals surface area contributed by atoms with Crippen LogP contribution in [0, 0.1) is 5.92 Å². The van der Waals surface area contributed by atoms with Crippen LogP contribution >= 0.6 is 15.9 Å². The summed E-state index contributed by atoms with van der Waals surface area (Å²) >= 11 is 3.37. The number of aliphatic hydroxyl groups is 1. The Morgan fingerprint density at radius 3 is 2.71 bits per heavy atom. The molecule has 21 heavy (non-hydrogen) atoms. The number of carbonyl (C=O) groups is 1. The van der Waals surface area contributed by atoms with E-state index in [0.29, 0.717) is 31.9 Å². The van der Waals surface area contributed by atoms with E-state index in [9.17, 15) is 4.79 Å². The molecular weight excluding hydrogens is 334 g/mol. The van der Waals surface area contributed by atoms with Gasteiger partial charge < -0.3 is 15.2 Å². The van der Waals surface area contributed by atoms with Gasteiger partial charge in [-0.05, 0) is 43.0 Å². The van der Waals surface area contributed by atoms with Crippen molar-refractivity contribution >= 4 is 21.8 Å². The van der Waals surface area contributed by atoms with Crippen molar-refractivity contribution in [2.24, 2.45) is 5.92 Å². The van der Waals surface area contributed by atoms with E-state index in [0.717, 1.165) is 23.1 Å². The fourth-order valence-electron chi connectivity index (χ4n) is 1.93. The van der Waals surface area contributed by atoms with Crippen LogP contribution in [0.25, 0.3) is 0 Å². The molecule has 0 saturated carbocycles. The average Bonchev–Trinajstić information content (AvgIpc) is 2.49. The second kappa shape index (κ2) is 10.6. The van der Waals surface area contributed by atoms with E-state index < -0.39 is 0 Å². The first-order valence-electron chi connectivity index (χ1n) is 7.41. The fourth-order valence-corrected chi connectivity index (χ4v) is 2.20. The van der Waals surface area contributed by atoms with Crippen LogP contribution in [0.15, 0.2) is 28.7 Å². The molecule has 118 valence electrons. The molecule has 0 radical (unpaired) electrons. The van der Waals surface area contributed by atoms with E-state index in [1.165, 1.54) is 0 Å². The van der Waals surface area contributed by atoms with Gasteiger partial charge in [-0.1, -0.05) is 29.3 Å². The highest BCUT2D eigenvalue weighted by atomic mass is 79.9. The molecule has 0 spiro atoms. The summed E-state index contributed by atoms with van der Waals surface area (Å²) in [5.74, 6) is 1.22. The smallest absolute Gasteiger partial charge is 0.220 e. The van der Waals surface area contributed by atoms with Gasteiger partial charge in [-0.2, -0.15) is 0 Å². The number of benzene rings is 1. The SMILES string of the molecule is CCC(CCO)CNC(=O)CCCOc1ccc(Br)cc1. The minimum absolute atomic E-state index is 0.0470. The third kappa shape index (κ3) is 8.07. The molecule has 0 saturated heterocycles. The van der Waals surface area contributed by atoms with Gasteiger partial charge in [0.1, 0.15) is 5.75 Å². The van der Waals surface area contributed by atoms with Crippen LogP contribution in [0.3, 0.4) is 0 Å².